The van der Waals surface area contributed by atoms with E-state index in [4.69, 9.17) is 10.2 Å². The Balaban J connectivity index is 4.65. The summed E-state index contributed by atoms with van der Waals surface area (Å²) in [6, 6.07) is -1.59. The average molecular weight is 257 g/mol. The van der Waals surface area contributed by atoms with Gasteiger partial charge in [0, 0.05) is 0 Å². The molecule has 0 amide bonds. The maximum atomic E-state index is 10.8. The van der Waals surface area contributed by atoms with Crippen LogP contribution in [0.25, 0.3) is 0 Å². The van der Waals surface area contributed by atoms with Crippen LogP contribution < -0.4 is 4.72 Å². The molecule has 0 saturated heterocycles. The molecule has 96 valence electrons. The number of aliphatic hydroxyl groups is 4. The fourth-order valence-corrected chi connectivity index (χ4v) is 1.66. The van der Waals surface area contributed by atoms with Gasteiger partial charge in [-0.1, -0.05) is 0 Å². The van der Waals surface area contributed by atoms with Crippen LogP contribution in [0.3, 0.4) is 0 Å². The largest absolute Gasteiger partial charge is 0.394 e. The third-order valence-corrected chi connectivity index (χ3v) is 2.50. The standard InChI is InChI=1S/C7H15NO7S/c1-16(14,15)8-4(2-9)6(12)7(13)5(11)3-10/h2,4-8,10-13H,3H2,1H3/t4-,5+,6+,7+/m0/s1. The van der Waals surface area contributed by atoms with E-state index in [0.717, 1.165) is 6.26 Å². The van der Waals surface area contributed by atoms with E-state index in [0.29, 0.717) is 0 Å². The van der Waals surface area contributed by atoms with E-state index >= 15 is 0 Å². The molecule has 0 aliphatic heterocycles. The number of sulfonamides is 1. The molecular formula is C7H15NO7S. The van der Waals surface area contributed by atoms with Crippen molar-refractivity contribution in [1.29, 1.82) is 0 Å². The van der Waals surface area contributed by atoms with Crippen LogP contribution in [0, 0.1) is 0 Å². The first-order valence-electron chi connectivity index (χ1n) is 4.30. The molecule has 4 atom stereocenters. The molecule has 0 aromatic heterocycles. The lowest BCUT2D eigenvalue weighted by Gasteiger charge is -2.25. The minimum absolute atomic E-state index is 0.0824. The van der Waals surface area contributed by atoms with Gasteiger partial charge in [-0.2, -0.15) is 0 Å². The lowest BCUT2D eigenvalue weighted by atomic mass is 10.0. The highest BCUT2D eigenvalue weighted by Gasteiger charge is 2.32. The molecule has 9 heteroatoms. The SMILES string of the molecule is CS(=O)(=O)N[C@@H](C=O)[C@@H](O)[C@H](O)[C@H](O)CO. The summed E-state index contributed by atoms with van der Waals surface area (Å²) in [6.07, 6.45) is -4.51. The summed E-state index contributed by atoms with van der Waals surface area (Å²) >= 11 is 0. The van der Waals surface area contributed by atoms with Crippen LogP contribution in [0.2, 0.25) is 0 Å². The first-order chi connectivity index (χ1) is 7.22. The quantitative estimate of drug-likeness (QED) is 0.294. The lowest BCUT2D eigenvalue weighted by molar-refractivity contribution is -0.119. The van der Waals surface area contributed by atoms with Crippen molar-refractivity contribution in [2.24, 2.45) is 0 Å². The Morgan fingerprint density at radius 3 is 2.06 bits per heavy atom. The van der Waals surface area contributed by atoms with E-state index in [1.807, 2.05) is 0 Å². The van der Waals surface area contributed by atoms with Crippen molar-refractivity contribution in [3.63, 3.8) is 0 Å². The van der Waals surface area contributed by atoms with E-state index < -0.39 is 41.0 Å². The molecule has 0 radical (unpaired) electrons. The molecule has 0 heterocycles. The third-order valence-electron chi connectivity index (χ3n) is 1.80. The van der Waals surface area contributed by atoms with Crippen molar-refractivity contribution in [1.82, 2.24) is 4.72 Å². The van der Waals surface area contributed by atoms with E-state index in [-0.39, 0.29) is 6.29 Å². The Morgan fingerprint density at radius 1 is 1.25 bits per heavy atom. The summed E-state index contributed by atoms with van der Waals surface area (Å²) in [4.78, 5) is 10.5. The van der Waals surface area contributed by atoms with Crippen molar-refractivity contribution in [3.05, 3.63) is 0 Å². The molecule has 0 spiro atoms. The molecule has 0 rings (SSSR count). The van der Waals surface area contributed by atoms with Crippen molar-refractivity contribution in [2.45, 2.75) is 24.4 Å². The van der Waals surface area contributed by atoms with Crippen molar-refractivity contribution in [3.8, 4) is 0 Å². The molecule has 0 bridgehead atoms. The van der Waals surface area contributed by atoms with Crippen LogP contribution in [0.5, 0.6) is 0 Å². The highest BCUT2D eigenvalue weighted by molar-refractivity contribution is 7.88. The van der Waals surface area contributed by atoms with Gasteiger partial charge in [-0.05, 0) is 0 Å². The number of aldehydes is 1. The maximum absolute atomic E-state index is 10.8. The first kappa shape index (κ1) is 15.4. The normalized spacial score (nSPS) is 19.8. The van der Waals surface area contributed by atoms with Crippen LogP contribution in [0.1, 0.15) is 0 Å². The number of carbonyl (C=O) groups is 1. The van der Waals surface area contributed by atoms with E-state index in [9.17, 15) is 23.4 Å². The molecule has 0 fully saturated rings. The Kier molecular flexibility index (Phi) is 6.00. The Morgan fingerprint density at radius 2 is 1.75 bits per heavy atom. The van der Waals surface area contributed by atoms with E-state index in [2.05, 4.69) is 0 Å². The topological polar surface area (TPSA) is 144 Å². The predicted octanol–water partition coefficient (Wildman–Crippen LogP) is -3.82. The second-order valence-electron chi connectivity index (χ2n) is 3.28. The smallest absolute Gasteiger partial charge is 0.209 e. The molecule has 0 saturated carbocycles. The average Bonchev–Trinajstić information content (AvgIpc) is 2.21. The zero-order valence-electron chi connectivity index (χ0n) is 8.52. The fraction of sp³-hybridized carbons (Fsp3) is 0.857. The first-order valence-corrected chi connectivity index (χ1v) is 6.19. The fourth-order valence-electron chi connectivity index (χ4n) is 0.973. The number of aliphatic hydroxyl groups excluding tert-OH is 4. The summed E-state index contributed by atoms with van der Waals surface area (Å²) in [5.74, 6) is 0. The van der Waals surface area contributed by atoms with Crippen molar-refractivity contribution in [2.75, 3.05) is 12.9 Å². The number of hydrogen-bond donors (Lipinski definition) is 5. The van der Waals surface area contributed by atoms with Gasteiger partial charge in [0.05, 0.1) is 12.9 Å². The Bertz CT molecular complexity index is 317. The van der Waals surface area contributed by atoms with Gasteiger partial charge in [0.15, 0.2) is 0 Å². The summed E-state index contributed by atoms with van der Waals surface area (Å²) in [5.41, 5.74) is 0. The summed E-state index contributed by atoms with van der Waals surface area (Å²) < 4.78 is 23.4. The highest BCUT2D eigenvalue weighted by atomic mass is 32.2. The van der Waals surface area contributed by atoms with Crippen LogP contribution >= 0.6 is 0 Å². The van der Waals surface area contributed by atoms with E-state index in [1.165, 1.54) is 0 Å². The van der Waals surface area contributed by atoms with Crippen LogP contribution in [-0.4, -0.2) is 72.3 Å². The van der Waals surface area contributed by atoms with Crippen molar-refractivity contribution >= 4 is 16.3 Å². The summed E-state index contributed by atoms with van der Waals surface area (Å²) in [5, 5.41) is 36.1. The molecule has 16 heavy (non-hydrogen) atoms. The second kappa shape index (κ2) is 6.23. The van der Waals surface area contributed by atoms with Gasteiger partial charge >= 0.3 is 0 Å². The van der Waals surface area contributed by atoms with Crippen LogP contribution in [0.15, 0.2) is 0 Å². The predicted molar refractivity (Wildman–Crippen MR) is 52.9 cm³/mol. The number of rotatable bonds is 7. The zero-order chi connectivity index (χ0) is 12.9. The number of hydrogen-bond acceptors (Lipinski definition) is 7. The second-order valence-corrected chi connectivity index (χ2v) is 5.06. The minimum atomic E-state index is -3.74. The summed E-state index contributed by atoms with van der Waals surface area (Å²) in [7, 11) is -3.74. The minimum Gasteiger partial charge on any atom is -0.394 e. The Labute approximate surface area is 92.6 Å². The number of carbonyl (C=O) groups excluding carboxylic acids is 1. The van der Waals surface area contributed by atoms with Gasteiger partial charge in [0.2, 0.25) is 10.0 Å². The van der Waals surface area contributed by atoms with Gasteiger partial charge in [-0.15, -0.1) is 0 Å². The highest BCUT2D eigenvalue weighted by Crippen LogP contribution is 2.04. The number of nitrogens with one attached hydrogen (secondary N) is 1. The van der Waals surface area contributed by atoms with E-state index in [1.54, 1.807) is 4.72 Å². The van der Waals surface area contributed by atoms with Crippen LogP contribution in [0.4, 0.5) is 0 Å². The summed E-state index contributed by atoms with van der Waals surface area (Å²) in [6.45, 7) is -0.831. The van der Waals surface area contributed by atoms with Gasteiger partial charge in [0.25, 0.3) is 0 Å². The lowest BCUT2D eigenvalue weighted by Crippen LogP contribution is -2.53. The molecule has 0 aliphatic rings. The molecule has 0 aromatic rings. The van der Waals surface area contributed by atoms with Gasteiger partial charge < -0.3 is 25.2 Å². The molecule has 0 aliphatic carbocycles. The molecule has 8 nitrogen and oxygen atoms in total. The maximum Gasteiger partial charge on any atom is 0.209 e. The van der Waals surface area contributed by atoms with Gasteiger partial charge in [0.1, 0.15) is 30.6 Å². The van der Waals surface area contributed by atoms with Gasteiger partial charge in [-0.25, -0.2) is 13.1 Å². The molecular weight excluding hydrogens is 242 g/mol. The molecule has 5 N–H and O–H groups in total. The van der Waals surface area contributed by atoms with Crippen LogP contribution in [-0.2, 0) is 14.8 Å². The van der Waals surface area contributed by atoms with Gasteiger partial charge in [-0.3, -0.25) is 0 Å². The molecule has 0 aromatic carbocycles. The zero-order valence-corrected chi connectivity index (χ0v) is 9.33. The molecule has 0 unspecified atom stereocenters. The third kappa shape index (κ3) is 4.96. The monoisotopic (exact) mass is 257 g/mol. The van der Waals surface area contributed by atoms with Crippen molar-refractivity contribution < 1.29 is 33.6 Å². The Hall–Kier alpha value is -0.580.